The van der Waals surface area contributed by atoms with E-state index in [0.717, 1.165) is 39.1 Å². The number of benzene rings is 7. The van der Waals surface area contributed by atoms with Crippen molar-refractivity contribution in [3.8, 4) is 50.9 Å². The average Bonchev–Trinajstić information content (AvgIpc) is 3.72. The molecule has 0 saturated carbocycles. The lowest BCUT2D eigenvalue weighted by Crippen LogP contribution is -2.58. The fraction of sp³-hybridized carbons (Fsp3) is 0.192. The molecule has 3 heterocycles. The lowest BCUT2D eigenvalue weighted by atomic mass is 9.34. The summed E-state index contributed by atoms with van der Waals surface area (Å²) in [6.45, 7) is 16.1. The van der Waals surface area contributed by atoms with Gasteiger partial charge in [0.1, 0.15) is 23.0 Å². The fourth-order valence-electron chi connectivity index (χ4n) is 10.7. The summed E-state index contributed by atoms with van der Waals surface area (Å²) >= 11 is 0. The summed E-state index contributed by atoms with van der Waals surface area (Å²) in [6, 6.07) is 44.9. The minimum absolute atomic E-state index is 0.0550. The molecule has 0 spiro atoms. The third-order valence-electron chi connectivity index (χ3n) is 13.6. The summed E-state index contributed by atoms with van der Waals surface area (Å²) in [5.41, 5.74) is 17.8. The monoisotopic (exact) mass is 724 g/mol. The lowest BCUT2D eigenvalue weighted by Gasteiger charge is -2.36. The van der Waals surface area contributed by atoms with E-state index >= 15 is 0 Å². The van der Waals surface area contributed by atoms with Crippen molar-refractivity contribution in [2.24, 2.45) is 0 Å². The van der Waals surface area contributed by atoms with Gasteiger partial charge in [0.25, 0.3) is 6.71 Å². The molecule has 0 fully saturated rings. The first-order valence-corrected chi connectivity index (χ1v) is 20.0. The SMILES string of the molecule is [2H]c1cc2c3c(c1)Oc1c(cc4c(c1-n1c5ccccc5c5cc6c(cc51)C(C)(C)c1ccccc1-6)-c1ccccc1C4(C)C)B3c1cc(C(C)(C)C)ccc1O2. The number of para-hydroxylation sites is 1. The summed E-state index contributed by atoms with van der Waals surface area (Å²) in [6.07, 6.45) is 0. The van der Waals surface area contributed by atoms with Crippen molar-refractivity contribution >= 4 is 44.9 Å². The Balaban J connectivity index is 1.25. The van der Waals surface area contributed by atoms with Gasteiger partial charge in [-0.25, -0.2) is 0 Å². The maximum Gasteiger partial charge on any atom is 0.260 e. The van der Waals surface area contributed by atoms with E-state index in [1.165, 1.54) is 66.4 Å². The molecule has 0 atom stereocenters. The van der Waals surface area contributed by atoms with Crippen LogP contribution in [-0.2, 0) is 16.2 Å². The summed E-state index contributed by atoms with van der Waals surface area (Å²) in [4.78, 5) is 0. The highest BCUT2D eigenvalue weighted by atomic mass is 16.5. The van der Waals surface area contributed by atoms with E-state index in [2.05, 4.69) is 162 Å². The molecule has 3 nitrogen and oxygen atoms in total. The third-order valence-corrected chi connectivity index (χ3v) is 13.6. The number of ether oxygens (including phenoxy) is 2. The van der Waals surface area contributed by atoms with Gasteiger partial charge in [-0.15, -0.1) is 0 Å². The summed E-state index contributed by atoms with van der Waals surface area (Å²) < 4.78 is 25.5. The Morgan fingerprint density at radius 1 is 0.571 bits per heavy atom. The van der Waals surface area contributed by atoms with Crippen molar-refractivity contribution in [2.45, 2.75) is 64.7 Å². The first-order chi connectivity index (χ1) is 27.3. The Labute approximate surface area is 330 Å². The Morgan fingerprint density at radius 3 is 2.04 bits per heavy atom. The van der Waals surface area contributed by atoms with Crippen LogP contribution in [0, 0.1) is 0 Å². The summed E-state index contributed by atoms with van der Waals surface area (Å²) in [7, 11) is 0. The Bertz CT molecular complexity index is 3140. The fourth-order valence-corrected chi connectivity index (χ4v) is 10.7. The van der Waals surface area contributed by atoms with Crippen LogP contribution < -0.4 is 25.9 Å². The minimum atomic E-state index is -0.269. The van der Waals surface area contributed by atoms with Crippen LogP contribution in [0.25, 0.3) is 49.7 Å². The van der Waals surface area contributed by atoms with Crippen molar-refractivity contribution < 1.29 is 10.8 Å². The molecule has 56 heavy (non-hydrogen) atoms. The smallest absolute Gasteiger partial charge is 0.260 e. The highest BCUT2D eigenvalue weighted by molar-refractivity contribution is 6.98. The summed E-state index contributed by atoms with van der Waals surface area (Å²) in [5.74, 6) is 3.06. The van der Waals surface area contributed by atoms with Gasteiger partial charge in [0.15, 0.2) is 0 Å². The van der Waals surface area contributed by atoms with Crippen LogP contribution in [0.2, 0.25) is 0 Å². The second-order valence-electron chi connectivity index (χ2n) is 18.4. The molecule has 0 unspecified atom stereocenters. The molecule has 270 valence electrons. The molecular weight excluding hydrogens is 681 g/mol. The predicted molar refractivity (Wildman–Crippen MR) is 232 cm³/mol. The molecular formula is C52H42BNO2. The van der Waals surface area contributed by atoms with Crippen LogP contribution in [-0.4, -0.2) is 11.3 Å². The van der Waals surface area contributed by atoms with Crippen LogP contribution in [0.15, 0.2) is 127 Å². The molecule has 2 aliphatic heterocycles. The largest absolute Gasteiger partial charge is 0.458 e. The van der Waals surface area contributed by atoms with Gasteiger partial charge in [0.05, 0.1) is 18.1 Å². The van der Waals surface area contributed by atoms with Gasteiger partial charge >= 0.3 is 0 Å². The van der Waals surface area contributed by atoms with Crippen LogP contribution in [0.1, 0.15) is 77.7 Å². The Morgan fingerprint density at radius 2 is 1.25 bits per heavy atom. The molecule has 0 radical (unpaired) electrons. The Kier molecular flexibility index (Phi) is 5.82. The highest BCUT2D eigenvalue weighted by Gasteiger charge is 2.47. The maximum absolute atomic E-state index is 8.93. The maximum atomic E-state index is 8.93. The molecule has 4 aliphatic rings. The van der Waals surface area contributed by atoms with Crippen molar-refractivity contribution in [2.75, 3.05) is 0 Å². The molecule has 0 bridgehead atoms. The van der Waals surface area contributed by atoms with Crippen molar-refractivity contribution in [3.63, 3.8) is 0 Å². The number of hydrogen-bond acceptors (Lipinski definition) is 2. The van der Waals surface area contributed by atoms with E-state index in [9.17, 15) is 0 Å². The van der Waals surface area contributed by atoms with Crippen molar-refractivity contribution in [3.05, 3.63) is 155 Å². The van der Waals surface area contributed by atoms with Gasteiger partial charge in [-0.1, -0.05) is 139 Å². The molecule has 8 aromatic rings. The van der Waals surface area contributed by atoms with E-state index in [-0.39, 0.29) is 23.0 Å². The summed E-state index contributed by atoms with van der Waals surface area (Å²) in [5, 5.41) is 2.44. The van der Waals surface area contributed by atoms with E-state index in [4.69, 9.17) is 10.8 Å². The van der Waals surface area contributed by atoms with E-state index in [0.29, 0.717) is 17.5 Å². The molecule has 0 amide bonds. The minimum Gasteiger partial charge on any atom is -0.458 e. The van der Waals surface area contributed by atoms with Crippen LogP contribution in [0.4, 0.5) is 0 Å². The van der Waals surface area contributed by atoms with E-state index < -0.39 is 0 Å². The van der Waals surface area contributed by atoms with E-state index in [1.54, 1.807) is 0 Å². The lowest BCUT2D eigenvalue weighted by molar-refractivity contribution is 0.463. The van der Waals surface area contributed by atoms with Crippen molar-refractivity contribution in [1.82, 2.24) is 4.57 Å². The van der Waals surface area contributed by atoms with Gasteiger partial charge in [0.2, 0.25) is 0 Å². The normalized spacial score (nSPS) is 16.2. The van der Waals surface area contributed by atoms with E-state index in [1.807, 2.05) is 12.1 Å². The molecule has 0 N–H and O–H groups in total. The molecule has 0 saturated heterocycles. The Hall–Kier alpha value is -6.00. The molecule has 2 aliphatic carbocycles. The number of fused-ring (bicyclic) bond motifs is 13. The van der Waals surface area contributed by atoms with Gasteiger partial charge in [0, 0.05) is 32.6 Å². The first-order valence-electron chi connectivity index (χ1n) is 20.5. The van der Waals surface area contributed by atoms with Gasteiger partial charge in [-0.3, -0.25) is 0 Å². The second kappa shape index (κ2) is 10.4. The number of hydrogen-bond donors (Lipinski definition) is 0. The standard InChI is InChI=1S/C52H42BNO2/c1-50(2,3)29-23-24-43-39(25-29)53-40-27-38-46(32-17-9-12-19-36(32)52(38,6)7)48(49(40)56-45-22-14-21-44(55-43)47(45)53)54-41-20-13-10-16-31(41)34-26-33-30-15-8-11-18-35(30)51(4,5)37(33)28-42(34)54/h8-28H,1-7H3/i14D. The quantitative estimate of drug-likeness (QED) is 0.157. The predicted octanol–water partition coefficient (Wildman–Crippen LogP) is 11.4. The van der Waals surface area contributed by atoms with Gasteiger partial charge < -0.3 is 14.0 Å². The molecule has 1 aromatic heterocycles. The molecule has 7 aromatic carbocycles. The highest BCUT2D eigenvalue weighted by Crippen LogP contribution is 2.56. The van der Waals surface area contributed by atoms with Gasteiger partial charge in [-0.2, -0.15) is 0 Å². The first kappa shape index (κ1) is 31.2. The molecule has 12 rings (SSSR count). The van der Waals surface area contributed by atoms with Crippen LogP contribution >= 0.6 is 0 Å². The topological polar surface area (TPSA) is 23.4 Å². The number of rotatable bonds is 1. The van der Waals surface area contributed by atoms with Crippen LogP contribution in [0.3, 0.4) is 0 Å². The zero-order valence-electron chi connectivity index (χ0n) is 33.9. The third kappa shape index (κ3) is 3.94. The zero-order chi connectivity index (χ0) is 38.9. The zero-order valence-corrected chi connectivity index (χ0v) is 32.9. The van der Waals surface area contributed by atoms with Crippen LogP contribution in [0.5, 0.6) is 23.0 Å². The van der Waals surface area contributed by atoms with Gasteiger partial charge in [-0.05, 0) is 97.2 Å². The average molecular weight is 725 g/mol. The van der Waals surface area contributed by atoms with Crippen molar-refractivity contribution in [1.29, 1.82) is 0 Å². The molecule has 4 heteroatoms. The second-order valence-corrected chi connectivity index (χ2v) is 18.4. The number of aromatic nitrogens is 1. The number of nitrogens with zero attached hydrogens (tertiary/aromatic N) is 1.